The van der Waals surface area contributed by atoms with Crippen LogP contribution in [0.1, 0.15) is 10.4 Å². The van der Waals surface area contributed by atoms with Crippen molar-refractivity contribution in [3.63, 3.8) is 0 Å². The van der Waals surface area contributed by atoms with Crippen molar-refractivity contribution >= 4 is 61.8 Å². The predicted molar refractivity (Wildman–Crippen MR) is 81.9 cm³/mol. The summed E-state index contributed by atoms with van der Waals surface area (Å²) in [5.41, 5.74) is 0.477. The quantitative estimate of drug-likeness (QED) is 0.727. The van der Waals surface area contributed by atoms with Crippen LogP contribution in [0.3, 0.4) is 0 Å². The molecule has 92 valence electrons. The zero-order chi connectivity index (χ0) is 13.1. The summed E-state index contributed by atoms with van der Waals surface area (Å²) in [5.74, 6) is 0.114. The van der Waals surface area contributed by atoms with Crippen LogP contribution in [-0.2, 0) is 0 Å². The Balaban J connectivity index is 2.16. The van der Waals surface area contributed by atoms with Gasteiger partial charge < -0.3 is 5.32 Å². The molecule has 0 atom stereocenters. The number of carbonyl (C=O) groups excluding carboxylic acids is 1. The second kappa shape index (κ2) is 5.94. The number of benzene rings is 1. The van der Waals surface area contributed by atoms with Gasteiger partial charge in [0.05, 0.1) is 17.4 Å². The Morgan fingerprint density at radius 2 is 2.11 bits per heavy atom. The molecule has 2 rings (SSSR count). The van der Waals surface area contributed by atoms with Crippen LogP contribution < -0.4 is 5.32 Å². The number of nitrogens with zero attached hydrogens (tertiary/aromatic N) is 2. The predicted octanol–water partition coefficient (Wildman–Crippen LogP) is 3.75. The van der Waals surface area contributed by atoms with Crippen molar-refractivity contribution < 1.29 is 4.79 Å². The van der Waals surface area contributed by atoms with Crippen LogP contribution in [0.5, 0.6) is 0 Å². The maximum atomic E-state index is 11.9. The number of anilines is 1. The fourth-order valence-electron chi connectivity index (χ4n) is 1.20. The summed E-state index contributed by atoms with van der Waals surface area (Å²) in [5, 5.41) is 3.18. The molecule has 0 saturated heterocycles. The van der Waals surface area contributed by atoms with E-state index in [1.54, 1.807) is 18.2 Å². The molecule has 0 bridgehead atoms. The van der Waals surface area contributed by atoms with Crippen LogP contribution in [0.15, 0.2) is 35.2 Å². The van der Waals surface area contributed by atoms with Crippen molar-refractivity contribution in [2.24, 2.45) is 0 Å². The van der Waals surface area contributed by atoms with E-state index in [0.29, 0.717) is 21.0 Å². The zero-order valence-electron chi connectivity index (χ0n) is 8.82. The molecule has 1 heterocycles. The van der Waals surface area contributed by atoms with Crippen molar-refractivity contribution in [2.75, 3.05) is 5.32 Å². The Kier molecular flexibility index (Phi) is 4.52. The number of aromatic nitrogens is 2. The molecule has 0 unspecified atom stereocenters. The van der Waals surface area contributed by atoms with Gasteiger partial charge in [-0.1, -0.05) is 11.6 Å². The third-order valence-corrected chi connectivity index (χ3v) is 4.03. The second-order valence-electron chi connectivity index (χ2n) is 3.31. The van der Waals surface area contributed by atoms with Crippen molar-refractivity contribution in [3.05, 3.63) is 49.4 Å². The zero-order valence-corrected chi connectivity index (χ0v) is 13.3. The van der Waals surface area contributed by atoms with E-state index < -0.39 is 0 Å². The first kappa shape index (κ1) is 13.7. The van der Waals surface area contributed by atoms with Gasteiger partial charge in [-0.3, -0.25) is 4.79 Å². The standard InChI is InChI=1S/C11H6BrClIN3O/c12-9-4-16-10(5-15-9)17-11(18)6-1-2-8(14)7(13)3-6/h1-5H,(H,16,17,18). The first-order valence-electron chi connectivity index (χ1n) is 4.80. The van der Waals surface area contributed by atoms with Gasteiger partial charge in [-0.15, -0.1) is 0 Å². The molecule has 0 aliphatic rings. The van der Waals surface area contributed by atoms with Gasteiger partial charge >= 0.3 is 0 Å². The van der Waals surface area contributed by atoms with Crippen LogP contribution in [0.4, 0.5) is 5.82 Å². The monoisotopic (exact) mass is 437 g/mol. The van der Waals surface area contributed by atoms with Gasteiger partial charge in [-0.2, -0.15) is 0 Å². The molecule has 0 saturated carbocycles. The molecule has 1 amide bonds. The van der Waals surface area contributed by atoms with Crippen LogP contribution in [0.25, 0.3) is 0 Å². The van der Waals surface area contributed by atoms with Gasteiger partial charge in [0.1, 0.15) is 4.60 Å². The minimum absolute atomic E-state index is 0.273. The van der Waals surface area contributed by atoms with Gasteiger partial charge in [0.2, 0.25) is 0 Å². The number of halogens is 3. The molecule has 4 nitrogen and oxygen atoms in total. The summed E-state index contributed by atoms with van der Waals surface area (Å²) >= 11 is 11.2. The lowest BCUT2D eigenvalue weighted by molar-refractivity contribution is 0.102. The fourth-order valence-corrected chi connectivity index (χ4v) is 1.92. The Morgan fingerprint density at radius 3 is 2.72 bits per heavy atom. The van der Waals surface area contributed by atoms with Crippen LogP contribution in [-0.4, -0.2) is 15.9 Å². The summed E-state index contributed by atoms with van der Waals surface area (Å²) in [7, 11) is 0. The van der Waals surface area contributed by atoms with Gasteiger partial charge in [-0.05, 0) is 56.7 Å². The van der Waals surface area contributed by atoms with Crippen LogP contribution in [0.2, 0.25) is 5.02 Å². The van der Waals surface area contributed by atoms with E-state index in [0.717, 1.165) is 3.57 Å². The molecular weight excluding hydrogens is 432 g/mol. The third kappa shape index (κ3) is 3.39. The highest BCUT2D eigenvalue weighted by Crippen LogP contribution is 2.20. The first-order valence-corrected chi connectivity index (χ1v) is 7.05. The lowest BCUT2D eigenvalue weighted by atomic mass is 10.2. The maximum Gasteiger partial charge on any atom is 0.256 e. The smallest absolute Gasteiger partial charge is 0.256 e. The van der Waals surface area contributed by atoms with E-state index in [4.69, 9.17) is 11.6 Å². The molecule has 7 heteroatoms. The molecule has 0 fully saturated rings. The number of carbonyl (C=O) groups is 1. The minimum atomic E-state index is -0.273. The Morgan fingerprint density at radius 1 is 1.33 bits per heavy atom. The summed E-state index contributed by atoms with van der Waals surface area (Å²) in [6.45, 7) is 0. The van der Waals surface area contributed by atoms with Gasteiger partial charge in [-0.25, -0.2) is 9.97 Å². The second-order valence-corrected chi connectivity index (χ2v) is 5.69. The Labute approximate surface area is 130 Å². The van der Waals surface area contributed by atoms with E-state index in [-0.39, 0.29) is 5.91 Å². The highest BCUT2D eigenvalue weighted by molar-refractivity contribution is 14.1. The molecule has 1 aromatic heterocycles. The average Bonchev–Trinajstić information content (AvgIpc) is 2.35. The highest BCUT2D eigenvalue weighted by Gasteiger charge is 2.09. The molecule has 1 N–H and O–H groups in total. The topological polar surface area (TPSA) is 54.9 Å². The van der Waals surface area contributed by atoms with E-state index in [1.807, 2.05) is 0 Å². The first-order chi connectivity index (χ1) is 8.56. The van der Waals surface area contributed by atoms with E-state index in [9.17, 15) is 4.79 Å². The maximum absolute atomic E-state index is 11.9. The fraction of sp³-hybridized carbons (Fsp3) is 0. The van der Waals surface area contributed by atoms with Gasteiger partial charge in [0, 0.05) is 9.13 Å². The molecular formula is C11H6BrClIN3O. The SMILES string of the molecule is O=C(Nc1cnc(Br)cn1)c1ccc(I)c(Cl)c1. The lowest BCUT2D eigenvalue weighted by Crippen LogP contribution is -2.13. The highest BCUT2D eigenvalue weighted by atomic mass is 127. The largest absolute Gasteiger partial charge is 0.305 e. The number of nitrogens with one attached hydrogen (secondary N) is 1. The third-order valence-electron chi connectivity index (χ3n) is 2.04. The molecule has 0 radical (unpaired) electrons. The van der Waals surface area contributed by atoms with E-state index in [1.165, 1.54) is 12.4 Å². The summed E-state index contributed by atoms with van der Waals surface area (Å²) in [6, 6.07) is 5.10. The Bertz CT molecular complexity index is 591. The molecule has 0 spiro atoms. The summed E-state index contributed by atoms with van der Waals surface area (Å²) in [6.07, 6.45) is 2.98. The molecule has 1 aromatic carbocycles. The lowest BCUT2D eigenvalue weighted by Gasteiger charge is -2.05. The molecule has 18 heavy (non-hydrogen) atoms. The Hall–Kier alpha value is -0.730. The number of hydrogen-bond donors (Lipinski definition) is 1. The minimum Gasteiger partial charge on any atom is -0.305 e. The average molecular weight is 438 g/mol. The van der Waals surface area contributed by atoms with Crippen molar-refractivity contribution in [1.29, 1.82) is 0 Å². The van der Waals surface area contributed by atoms with Gasteiger partial charge in [0.25, 0.3) is 5.91 Å². The van der Waals surface area contributed by atoms with Crippen molar-refractivity contribution in [3.8, 4) is 0 Å². The summed E-state index contributed by atoms with van der Waals surface area (Å²) < 4.78 is 1.51. The van der Waals surface area contributed by atoms with Crippen LogP contribution in [0, 0.1) is 3.57 Å². The van der Waals surface area contributed by atoms with E-state index in [2.05, 4.69) is 53.8 Å². The number of hydrogen-bond acceptors (Lipinski definition) is 3. The summed E-state index contributed by atoms with van der Waals surface area (Å²) in [4.78, 5) is 19.9. The molecule has 0 aliphatic carbocycles. The molecule has 2 aromatic rings. The normalized spacial score (nSPS) is 10.2. The van der Waals surface area contributed by atoms with Crippen molar-refractivity contribution in [2.45, 2.75) is 0 Å². The number of rotatable bonds is 2. The number of amides is 1. The van der Waals surface area contributed by atoms with Gasteiger partial charge in [0.15, 0.2) is 5.82 Å². The van der Waals surface area contributed by atoms with E-state index >= 15 is 0 Å². The molecule has 0 aliphatic heterocycles. The van der Waals surface area contributed by atoms with Crippen molar-refractivity contribution in [1.82, 2.24) is 9.97 Å². The van der Waals surface area contributed by atoms with Crippen LogP contribution >= 0.6 is 50.1 Å².